The largest absolute Gasteiger partial charge is 0.326 e. The minimum absolute atomic E-state index is 0.0116. The van der Waals surface area contributed by atoms with Gasteiger partial charge in [0.2, 0.25) is 11.8 Å². The van der Waals surface area contributed by atoms with E-state index in [1.54, 1.807) is 0 Å². The van der Waals surface area contributed by atoms with E-state index < -0.39 is 0 Å². The average molecular weight is 341 g/mol. The van der Waals surface area contributed by atoms with Gasteiger partial charge in [-0.3, -0.25) is 14.5 Å². The zero-order valence-corrected chi connectivity index (χ0v) is 14.7. The second-order valence-corrected chi connectivity index (χ2v) is 7.60. The fourth-order valence-corrected chi connectivity index (χ4v) is 4.58. The van der Waals surface area contributed by atoms with Crippen molar-refractivity contribution in [3.8, 4) is 0 Å². The number of likely N-dealkylation sites (tertiary alicyclic amines) is 1. The highest BCUT2D eigenvalue weighted by molar-refractivity contribution is 5.98. The van der Waals surface area contributed by atoms with Crippen LogP contribution in [-0.4, -0.2) is 35.3 Å². The number of anilines is 2. The van der Waals surface area contributed by atoms with Gasteiger partial charge in [-0.05, 0) is 56.3 Å². The van der Waals surface area contributed by atoms with Crippen molar-refractivity contribution < 1.29 is 9.59 Å². The van der Waals surface area contributed by atoms with E-state index in [0.29, 0.717) is 12.5 Å². The van der Waals surface area contributed by atoms with Crippen LogP contribution in [0.2, 0.25) is 0 Å². The third-order valence-corrected chi connectivity index (χ3v) is 5.91. The first-order chi connectivity index (χ1) is 12.2. The normalized spacial score (nSPS) is 24.6. The molecule has 1 saturated carbocycles. The summed E-state index contributed by atoms with van der Waals surface area (Å²) in [5, 5.41) is 6.00. The summed E-state index contributed by atoms with van der Waals surface area (Å²) in [6, 6.07) is 6.44. The molecule has 1 aliphatic carbocycles. The molecule has 0 aromatic heterocycles. The molecule has 25 heavy (non-hydrogen) atoms. The van der Waals surface area contributed by atoms with Crippen LogP contribution in [-0.2, 0) is 16.0 Å². The summed E-state index contributed by atoms with van der Waals surface area (Å²) in [4.78, 5) is 27.0. The van der Waals surface area contributed by atoms with Crippen molar-refractivity contribution >= 4 is 23.2 Å². The molecule has 0 spiro atoms. The van der Waals surface area contributed by atoms with Crippen LogP contribution in [0.15, 0.2) is 18.2 Å². The van der Waals surface area contributed by atoms with Gasteiger partial charge in [-0.2, -0.15) is 0 Å². The number of piperidine rings is 1. The molecule has 2 fully saturated rings. The first-order valence-corrected chi connectivity index (χ1v) is 9.70. The Morgan fingerprint density at radius 3 is 2.72 bits per heavy atom. The standard InChI is InChI=1S/C20H27N3O2/c24-19-11-9-14-8-10-15(13-17(14)22-19)21-20(25)18-7-3-4-12-23(18)16-5-1-2-6-16/h8,10,13,16,18H,1-7,9,11-12H2,(H,21,25)(H,22,24)/t18-/m0/s1. The van der Waals surface area contributed by atoms with Gasteiger partial charge in [0, 0.05) is 23.8 Å². The Bertz CT molecular complexity index is 667. The number of amides is 2. The zero-order chi connectivity index (χ0) is 17.2. The van der Waals surface area contributed by atoms with E-state index in [9.17, 15) is 9.59 Å². The SMILES string of the molecule is O=C1CCc2ccc(NC(=O)[C@@H]3CCCCN3C3CCCC3)cc2N1. The molecule has 134 valence electrons. The summed E-state index contributed by atoms with van der Waals surface area (Å²) in [5.41, 5.74) is 2.76. The van der Waals surface area contributed by atoms with E-state index in [1.807, 2.05) is 18.2 Å². The summed E-state index contributed by atoms with van der Waals surface area (Å²) in [6.45, 7) is 1.04. The van der Waals surface area contributed by atoms with Crippen LogP contribution >= 0.6 is 0 Å². The third kappa shape index (κ3) is 3.56. The average Bonchev–Trinajstić information content (AvgIpc) is 3.16. The van der Waals surface area contributed by atoms with Crippen molar-refractivity contribution in [1.29, 1.82) is 0 Å². The lowest BCUT2D eigenvalue weighted by Gasteiger charge is -2.39. The highest BCUT2D eigenvalue weighted by Gasteiger charge is 2.34. The van der Waals surface area contributed by atoms with Crippen LogP contribution in [0.5, 0.6) is 0 Å². The van der Waals surface area contributed by atoms with Gasteiger partial charge in [-0.1, -0.05) is 25.3 Å². The van der Waals surface area contributed by atoms with Crippen molar-refractivity contribution in [2.45, 2.75) is 69.9 Å². The maximum atomic E-state index is 12.9. The molecule has 1 saturated heterocycles. The molecule has 2 aliphatic heterocycles. The molecule has 1 atom stereocenters. The first-order valence-electron chi connectivity index (χ1n) is 9.70. The van der Waals surface area contributed by atoms with Gasteiger partial charge in [0.1, 0.15) is 0 Å². The van der Waals surface area contributed by atoms with Crippen molar-refractivity contribution in [3.63, 3.8) is 0 Å². The predicted molar refractivity (Wildman–Crippen MR) is 98.6 cm³/mol. The summed E-state index contributed by atoms with van der Waals surface area (Å²) < 4.78 is 0. The lowest BCUT2D eigenvalue weighted by molar-refractivity contribution is -0.123. The van der Waals surface area contributed by atoms with Crippen molar-refractivity contribution in [2.24, 2.45) is 0 Å². The number of carbonyl (C=O) groups is 2. The van der Waals surface area contributed by atoms with Gasteiger partial charge in [0.25, 0.3) is 0 Å². The summed E-state index contributed by atoms with van der Waals surface area (Å²) in [7, 11) is 0. The van der Waals surface area contributed by atoms with Gasteiger partial charge in [0.15, 0.2) is 0 Å². The van der Waals surface area contributed by atoms with Crippen molar-refractivity contribution in [2.75, 3.05) is 17.2 Å². The van der Waals surface area contributed by atoms with E-state index >= 15 is 0 Å². The quantitative estimate of drug-likeness (QED) is 0.887. The maximum absolute atomic E-state index is 12.9. The Morgan fingerprint density at radius 2 is 1.88 bits per heavy atom. The molecular weight excluding hydrogens is 314 g/mol. The molecule has 2 N–H and O–H groups in total. The number of fused-ring (bicyclic) bond motifs is 1. The summed E-state index contributed by atoms with van der Waals surface area (Å²) in [6.07, 6.45) is 9.63. The molecule has 0 unspecified atom stereocenters. The number of aryl methyl sites for hydroxylation is 1. The Hall–Kier alpha value is -1.88. The number of rotatable bonds is 3. The lowest BCUT2D eigenvalue weighted by Crippen LogP contribution is -2.51. The fourth-order valence-electron chi connectivity index (χ4n) is 4.58. The van der Waals surface area contributed by atoms with Gasteiger partial charge in [-0.15, -0.1) is 0 Å². The van der Waals surface area contributed by atoms with Crippen LogP contribution in [0.1, 0.15) is 56.9 Å². The Balaban J connectivity index is 1.47. The highest BCUT2D eigenvalue weighted by atomic mass is 16.2. The maximum Gasteiger partial charge on any atom is 0.241 e. The number of hydrogen-bond donors (Lipinski definition) is 2. The smallest absolute Gasteiger partial charge is 0.241 e. The molecule has 4 rings (SSSR count). The van der Waals surface area contributed by atoms with Crippen molar-refractivity contribution in [1.82, 2.24) is 4.90 Å². The second kappa shape index (κ2) is 7.16. The molecule has 0 radical (unpaired) electrons. The summed E-state index contributed by atoms with van der Waals surface area (Å²) in [5.74, 6) is 0.157. The van der Waals surface area contributed by atoms with Crippen LogP contribution in [0, 0.1) is 0 Å². The van der Waals surface area contributed by atoms with Crippen LogP contribution in [0.25, 0.3) is 0 Å². The Kier molecular flexibility index (Phi) is 4.75. The van der Waals surface area contributed by atoms with Gasteiger partial charge < -0.3 is 10.6 Å². The zero-order valence-electron chi connectivity index (χ0n) is 14.7. The van der Waals surface area contributed by atoms with E-state index in [2.05, 4.69) is 15.5 Å². The van der Waals surface area contributed by atoms with Crippen LogP contribution < -0.4 is 10.6 Å². The van der Waals surface area contributed by atoms with E-state index in [4.69, 9.17) is 0 Å². The molecule has 5 heteroatoms. The molecule has 5 nitrogen and oxygen atoms in total. The van der Waals surface area contributed by atoms with Crippen molar-refractivity contribution in [3.05, 3.63) is 23.8 Å². The lowest BCUT2D eigenvalue weighted by atomic mass is 9.98. The number of carbonyl (C=O) groups excluding carboxylic acids is 2. The number of benzene rings is 1. The second-order valence-electron chi connectivity index (χ2n) is 7.60. The van der Waals surface area contributed by atoms with E-state index in [0.717, 1.165) is 42.7 Å². The molecular formula is C20H27N3O2. The molecule has 1 aromatic rings. The molecule has 0 bridgehead atoms. The molecule has 3 aliphatic rings. The van der Waals surface area contributed by atoms with Crippen LogP contribution in [0.3, 0.4) is 0 Å². The molecule has 1 aromatic carbocycles. The number of hydrogen-bond acceptors (Lipinski definition) is 3. The first kappa shape index (κ1) is 16.6. The minimum Gasteiger partial charge on any atom is -0.326 e. The number of nitrogens with one attached hydrogen (secondary N) is 2. The van der Waals surface area contributed by atoms with E-state index in [1.165, 1.54) is 32.1 Å². The highest BCUT2D eigenvalue weighted by Crippen LogP contribution is 2.31. The topological polar surface area (TPSA) is 61.4 Å². The van der Waals surface area contributed by atoms with Gasteiger partial charge in [-0.25, -0.2) is 0 Å². The van der Waals surface area contributed by atoms with E-state index in [-0.39, 0.29) is 17.9 Å². The third-order valence-electron chi connectivity index (χ3n) is 5.91. The summed E-state index contributed by atoms with van der Waals surface area (Å²) >= 11 is 0. The minimum atomic E-state index is -0.0116. The fraction of sp³-hybridized carbons (Fsp3) is 0.600. The Morgan fingerprint density at radius 1 is 1.08 bits per heavy atom. The Labute approximate surface area is 149 Å². The number of nitrogens with zero attached hydrogens (tertiary/aromatic N) is 1. The molecule has 2 heterocycles. The predicted octanol–water partition coefficient (Wildman–Crippen LogP) is 3.31. The monoisotopic (exact) mass is 341 g/mol. The van der Waals surface area contributed by atoms with Crippen LogP contribution in [0.4, 0.5) is 11.4 Å². The van der Waals surface area contributed by atoms with Gasteiger partial charge >= 0.3 is 0 Å². The van der Waals surface area contributed by atoms with Gasteiger partial charge in [0.05, 0.1) is 6.04 Å². The molecule has 2 amide bonds.